The largest absolute Gasteiger partial charge is 0.457 e. The number of cyclic esters (lactones) is 1. The molecule has 0 N–H and O–H groups in total. The van der Waals surface area contributed by atoms with E-state index in [1.54, 1.807) is 0 Å². The van der Waals surface area contributed by atoms with Gasteiger partial charge in [0, 0.05) is 5.57 Å². The fourth-order valence-corrected chi connectivity index (χ4v) is 1.22. The van der Waals surface area contributed by atoms with Crippen molar-refractivity contribution in [2.45, 2.75) is 20.3 Å². The molecule has 0 saturated carbocycles. The summed E-state index contributed by atoms with van der Waals surface area (Å²) in [6.07, 6.45) is 8.69. The lowest BCUT2D eigenvalue weighted by molar-refractivity contribution is -0.135. The molecule has 0 unspecified atom stereocenters. The molecule has 0 atom stereocenters. The van der Waals surface area contributed by atoms with Crippen molar-refractivity contribution in [1.29, 1.82) is 0 Å². The van der Waals surface area contributed by atoms with Crippen molar-refractivity contribution in [2.75, 3.05) is 6.61 Å². The molecule has 1 heterocycles. The standard InChI is InChI=1S/C9H8O2.C2H6/c10-9-8-5-3-1-2-4-7(8)6-11-9;1-2/h2-5H,1,6H2;1-2H3. The maximum atomic E-state index is 11.0. The number of rotatable bonds is 0. The Hall–Kier alpha value is -1.31. The quantitative estimate of drug-likeness (QED) is 0.532. The summed E-state index contributed by atoms with van der Waals surface area (Å²) >= 11 is 0. The van der Waals surface area contributed by atoms with Gasteiger partial charge < -0.3 is 4.74 Å². The second-order valence-corrected chi connectivity index (χ2v) is 2.56. The molecule has 1 aliphatic carbocycles. The number of hydrogen-bond donors (Lipinski definition) is 0. The Morgan fingerprint density at radius 2 is 1.92 bits per heavy atom. The van der Waals surface area contributed by atoms with Crippen LogP contribution in [0.15, 0.2) is 35.5 Å². The second kappa shape index (κ2) is 4.65. The van der Waals surface area contributed by atoms with E-state index in [0.717, 1.165) is 17.6 Å². The predicted molar refractivity (Wildman–Crippen MR) is 52.2 cm³/mol. The van der Waals surface area contributed by atoms with Crippen LogP contribution in [0.5, 0.6) is 0 Å². The summed E-state index contributed by atoms with van der Waals surface area (Å²) in [4.78, 5) is 11.0. The summed E-state index contributed by atoms with van der Waals surface area (Å²) < 4.78 is 4.84. The molecule has 0 radical (unpaired) electrons. The number of carbonyl (C=O) groups excluding carboxylic acids is 1. The molecular weight excluding hydrogens is 164 g/mol. The van der Waals surface area contributed by atoms with E-state index in [4.69, 9.17) is 4.74 Å². The van der Waals surface area contributed by atoms with Crippen molar-refractivity contribution in [1.82, 2.24) is 0 Å². The summed E-state index contributed by atoms with van der Waals surface area (Å²) in [6.45, 7) is 4.44. The van der Waals surface area contributed by atoms with Crippen LogP contribution in [0.3, 0.4) is 0 Å². The van der Waals surface area contributed by atoms with Gasteiger partial charge in [0.2, 0.25) is 0 Å². The van der Waals surface area contributed by atoms with Crippen LogP contribution in [0.1, 0.15) is 20.3 Å². The third-order valence-corrected chi connectivity index (χ3v) is 1.80. The highest BCUT2D eigenvalue weighted by atomic mass is 16.5. The average molecular weight is 178 g/mol. The van der Waals surface area contributed by atoms with Crippen molar-refractivity contribution in [2.24, 2.45) is 0 Å². The number of esters is 1. The molecule has 2 aliphatic rings. The Morgan fingerprint density at radius 3 is 2.69 bits per heavy atom. The highest BCUT2D eigenvalue weighted by Gasteiger charge is 2.20. The van der Waals surface area contributed by atoms with E-state index in [1.165, 1.54) is 0 Å². The van der Waals surface area contributed by atoms with E-state index in [2.05, 4.69) is 0 Å². The lowest BCUT2D eigenvalue weighted by Gasteiger charge is -1.89. The zero-order valence-electron chi connectivity index (χ0n) is 8.04. The van der Waals surface area contributed by atoms with Gasteiger partial charge in [0.1, 0.15) is 6.61 Å². The van der Waals surface area contributed by atoms with E-state index >= 15 is 0 Å². The van der Waals surface area contributed by atoms with Crippen LogP contribution in [0.4, 0.5) is 0 Å². The minimum atomic E-state index is -0.192. The van der Waals surface area contributed by atoms with E-state index in [1.807, 2.05) is 38.2 Å². The van der Waals surface area contributed by atoms with Crippen LogP contribution in [-0.4, -0.2) is 12.6 Å². The van der Waals surface area contributed by atoms with Crippen molar-refractivity contribution in [3.8, 4) is 0 Å². The van der Waals surface area contributed by atoms with E-state index in [0.29, 0.717) is 6.61 Å². The first-order valence-electron chi connectivity index (χ1n) is 4.61. The van der Waals surface area contributed by atoms with Gasteiger partial charge in [0.15, 0.2) is 0 Å². The Labute approximate surface area is 78.6 Å². The Balaban J connectivity index is 0.000000396. The van der Waals surface area contributed by atoms with Crippen LogP contribution in [0.2, 0.25) is 0 Å². The van der Waals surface area contributed by atoms with E-state index in [-0.39, 0.29) is 5.97 Å². The third-order valence-electron chi connectivity index (χ3n) is 1.80. The number of carbonyl (C=O) groups is 1. The lowest BCUT2D eigenvalue weighted by atomic mass is 10.1. The van der Waals surface area contributed by atoms with Gasteiger partial charge in [0.25, 0.3) is 0 Å². The third kappa shape index (κ3) is 2.08. The predicted octanol–water partition coefficient (Wildman–Crippen LogP) is 2.38. The van der Waals surface area contributed by atoms with Gasteiger partial charge in [-0.1, -0.05) is 38.2 Å². The normalized spacial score (nSPS) is 18.8. The Bertz CT molecular complexity index is 282. The number of hydrogen-bond acceptors (Lipinski definition) is 2. The summed E-state index contributed by atoms with van der Waals surface area (Å²) in [7, 11) is 0. The van der Waals surface area contributed by atoms with Crippen LogP contribution in [0.25, 0.3) is 0 Å². The topological polar surface area (TPSA) is 26.3 Å². The molecule has 0 amide bonds. The maximum absolute atomic E-state index is 11.0. The molecule has 0 spiro atoms. The molecule has 0 aromatic rings. The summed E-state index contributed by atoms with van der Waals surface area (Å²) in [5.74, 6) is -0.192. The first kappa shape index (κ1) is 9.78. The summed E-state index contributed by atoms with van der Waals surface area (Å²) in [6, 6.07) is 0. The first-order chi connectivity index (χ1) is 6.38. The molecule has 2 nitrogen and oxygen atoms in total. The van der Waals surface area contributed by atoms with Gasteiger partial charge in [-0.2, -0.15) is 0 Å². The lowest BCUT2D eigenvalue weighted by Crippen LogP contribution is -1.96. The molecule has 0 aromatic heterocycles. The molecule has 1 aliphatic heterocycles. The molecular formula is C11H14O2. The molecule has 2 heteroatoms. The Kier molecular flexibility index (Phi) is 3.50. The monoisotopic (exact) mass is 178 g/mol. The van der Waals surface area contributed by atoms with Gasteiger partial charge in [-0.15, -0.1) is 0 Å². The Morgan fingerprint density at radius 1 is 1.23 bits per heavy atom. The molecule has 0 fully saturated rings. The highest BCUT2D eigenvalue weighted by Crippen LogP contribution is 2.20. The van der Waals surface area contributed by atoms with Crippen molar-refractivity contribution >= 4 is 5.97 Å². The van der Waals surface area contributed by atoms with Gasteiger partial charge >= 0.3 is 5.97 Å². The van der Waals surface area contributed by atoms with Crippen LogP contribution in [0, 0.1) is 0 Å². The molecule has 0 saturated heterocycles. The molecule has 0 bridgehead atoms. The fraction of sp³-hybridized carbons (Fsp3) is 0.364. The van der Waals surface area contributed by atoms with E-state index in [9.17, 15) is 4.79 Å². The van der Waals surface area contributed by atoms with Gasteiger partial charge in [0.05, 0.1) is 5.57 Å². The highest BCUT2D eigenvalue weighted by molar-refractivity contribution is 5.95. The van der Waals surface area contributed by atoms with Crippen molar-refractivity contribution in [3.63, 3.8) is 0 Å². The zero-order chi connectivity index (χ0) is 9.68. The SMILES string of the molecule is CC.O=C1OCC2=C1C=CCC=C2. The van der Waals surface area contributed by atoms with Crippen LogP contribution < -0.4 is 0 Å². The van der Waals surface area contributed by atoms with Gasteiger partial charge in [-0.05, 0) is 6.42 Å². The molecule has 0 aromatic carbocycles. The number of allylic oxidation sites excluding steroid dienone is 2. The van der Waals surface area contributed by atoms with Crippen molar-refractivity contribution < 1.29 is 9.53 Å². The number of ether oxygens (including phenoxy) is 1. The van der Waals surface area contributed by atoms with Gasteiger partial charge in [-0.3, -0.25) is 0 Å². The van der Waals surface area contributed by atoms with E-state index < -0.39 is 0 Å². The first-order valence-corrected chi connectivity index (χ1v) is 4.61. The average Bonchev–Trinajstić information content (AvgIpc) is 2.44. The minimum Gasteiger partial charge on any atom is -0.457 e. The van der Waals surface area contributed by atoms with Crippen molar-refractivity contribution in [3.05, 3.63) is 35.5 Å². The molecule has 70 valence electrons. The van der Waals surface area contributed by atoms with Crippen LogP contribution >= 0.6 is 0 Å². The summed E-state index contributed by atoms with van der Waals surface area (Å²) in [5, 5.41) is 0. The minimum absolute atomic E-state index is 0.192. The molecule has 2 rings (SSSR count). The smallest absolute Gasteiger partial charge is 0.338 e. The van der Waals surface area contributed by atoms with Gasteiger partial charge in [-0.25, -0.2) is 4.79 Å². The molecule has 13 heavy (non-hydrogen) atoms. The van der Waals surface area contributed by atoms with Crippen LogP contribution in [-0.2, 0) is 9.53 Å². The second-order valence-electron chi connectivity index (χ2n) is 2.56. The zero-order valence-corrected chi connectivity index (χ0v) is 8.04. The summed E-state index contributed by atoms with van der Waals surface area (Å²) in [5.41, 5.74) is 1.72. The fourth-order valence-electron chi connectivity index (χ4n) is 1.22. The maximum Gasteiger partial charge on any atom is 0.338 e.